The Morgan fingerprint density at radius 3 is 2.29 bits per heavy atom. The normalized spacial score (nSPS) is 11.6. The van der Waals surface area contributed by atoms with Gasteiger partial charge < -0.3 is 14.9 Å². The minimum absolute atomic E-state index is 0.132. The van der Waals surface area contributed by atoms with Crippen molar-refractivity contribution in [2.75, 3.05) is 34.3 Å². The molecule has 1 saturated heterocycles. The second-order valence-electron chi connectivity index (χ2n) is 7.26. The molecule has 34 heavy (non-hydrogen) atoms. The third-order valence-electron chi connectivity index (χ3n) is 4.44. The first-order chi connectivity index (χ1) is 16.4. The van der Waals surface area contributed by atoms with Crippen LogP contribution in [0.25, 0.3) is 0 Å². The SMILES string of the molecule is CCC.CNc1cc(NC(=O)c2ccc(N3CCS3)cc2)ccc1Cl.O=Cc1cccc(F)c1. The van der Waals surface area contributed by atoms with Crippen LogP contribution in [0.4, 0.5) is 21.5 Å². The van der Waals surface area contributed by atoms with E-state index in [2.05, 4.69) is 28.8 Å². The van der Waals surface area contributed by atoms with Gasteiger partial charge in [0.25, 0.3) is 5.91 Å². The second-order valence-corrected chi connectivity index (χ2v) is 8.78. The van der Waals surface area contributed by atoms with Crippen LogP contribution in [0.3, 0.4) is 0 Å². The van der Waals surface area contributed by atoms with Gasteiger partial charge in [0, 0.05) is 41.8 Å². The van der Waals surface area contributed by atoms with E-state index in [1.54, 1.807) is 37.2 Å². The van der Waals surface area contributed by atoms with Crippen molar-refractivity contribution >= 4 is 52.8 Å². The van der Waals surface area contributed by atoms with Crippen LogP contribution in [0.15, 0.2) is 66.7 Å². The first-order valence-corrected chi connectivity index (χ1v) is 12.2. The number of nitrogens with zero attached hydrogens (tertiary/aromatic N) is 1. The summed E-state index contributed by atoms with van der Waals surface area (Å²) >= 11 is 7.83. The van der Waals surface area contributed by atoms with E-state index < -0.39 is 0 Å². The van der Waals surface area contributed by atoms with Gasteiger partial charge in [0.05, 0.1) is 10.7 Å². The first-order valence-electron chi connectivity index (χ1n) is 10.9. The summed E-state index contributed by atoms with van der Waals surface area (Å²) in [6.07, 6.45) is 1.86. The summed E-state index contributed by atoms with van der Waals surface area (Å²) in [7, 11) is 1.79. The van der Waals surface area contributed by atoms with Crippen molar-refractivity contribution in [2.45, 2.75) is 20.3 Å². The molecule has 0 spiro atoms. The molecule has 0 bridgehead atoms. The molecule has 1 aliphatic rings. The molecule has 0 aliphatic carbocycles. The van der Waals surface area contributed by atoms with E-state index >= 15 is 0 Å². The molecule has 0 unspecified atom stereocenters. The molecular weight excluding hydrogens is 473 g/mol. The highest BCUT2D eigenvalue weighted by Crippen LogP contribution is 2.29. The Morgan fingerprint density at radius 1 is 1.12 bits per heavy atom. The van der Waals surface area contributed by atoms with E-state index in [9.17, 15) is 14.0 Å². The molecule has 0 saturated carbocycles. The third-order valence-corrected chi connectivity index (χ3v) is 5.84. The molecule has 180 valence electrons. The molecule has 5 nitrogen and oxygen atoms in total. The Morgan fingerprint density at radius 2 is 1.79 bits per heavy atom. The molecule has 0 radical (unpaired) electrons. The number of aldehydes is 1. The summed E-state index contributed by atoms with van der Waals surface area (Å²) in [4.78, 5) is 22.3. The van der Waals surface area contributed by atoms with E-state index in [1.165, 1.54) is 24.6 Å². The lowest BCUT2D eigenvalue weighted by atomic mass is 10.2. The number of benzene rings is 3. The summed E-state index contributed by atoms with van der Waals surface area (Å²) in [6.45, 7) is 5.31. The van der Waals surface area contributed by atoms with Crippen molar-refractivity contribution in [3.8, 4) is 0 Å². The standard InChI is InChI=1S/C16H16ClN3OS.C7H5FO.C3H8/c1-18-15-10-12(4-7-14(15)17)19-16(21)11-2-5-13(6-3-11)20-8-9-22-20;8-7-3-1-2-6(4-7)5-9;1-3-2/h2-7,10,18H,8-9H2,1H3,(H,19,21);1-5H;3H2,1-2H3. The van der Waals surface area contributed by atoms with Crippen LogP contribution in [0.5, 0.6) is 0 Å². The molecule has 3 aromatic rings. The van der Waals surface area contributed by atoms with Crippen LogP contribution in [0, 0.1) is 5.82 Å². The van der Waals surface area contributed by atoms with Gasteiger partial charge in [-0.15, -0.1) is 0 Å². The molecule has 1 amide bonds. The van der Waals surface area contributed by atoms with Crippen LogP contribution in [0.2, 0.25) is 5.02 Å². The highest BCUT2D eigenvalue weighted by molar-refractivity contribution is 8.02. The topological polar surface area (TPSA) is 61.4 Å². The summed E-state index contributed by atoms with van der Waals surface area (Å²) < 4.78 is 14.4. The van der Waals surface area contributed by atoms with Gasteiger partial charge in [0.1, 0.15) is 12.1 Å². The van der Waals surface area contributed by atoms with Crippen LogP contribution in [0.1, 0.15) is 41.0 Å². The van der Waals surface area contributed by atoms with Crippen LogP contribution in [-0.4, -0.2) is 31.5 Å². The Kier molecular flexibility index (Phi) is 11.4. The summed E-state index contributed by atoms with van der Waals surface area (Å²) in [6, 6.07) is 18.5. The minimum atomic E-state index is -0.375. The summed E-state index contributed by atoms with van der Waals surface area (Å²) in [5, 5.41) is 6.49. The molecule has 1 aliphatic heterocycles. The lowest BCUT2D eigenvalue weighted by Crippen LogP contribution is -2.28. The van der Waals surface area contributed by atoms with Crippen molar-refractivity contribution < 1.29 is 14.0 Å². The smallest absolute Gasteiger partial charge is 0.255 e. The monoisotopic (exact) mass is 501 g/mol. The Labute approximate surface area is 209 Å². The van der Waals surface area contributed by atoms with Crippen LogP contribution in [-0.2, 0) is 0 Å². The van der Waals surface area contributed by atoms with Gasteiger partial charge in [0.15, 0.2) is 0 Å². The number of amides is 1. The molecule has 8 heteroatoms. The van der Waals surface area contributed by atoms with E-state index in [0.29, 0.717) is 28.1 Å². The number of halogens is 2. The zero-order chi connectivity index (χ0) is 24.9. The maximum atomic E-state index is 12.3. The van der Waals surface area contributed by atoms with Crippen LogP contribution < -0.4 is 14.9 Å². The van der Waals surface area contributed by atoms with E-state index in [4.69, 9.17) is 11.6 Å². The van der Waals surface area contributed by atoms with Crippen molar-refractivity contribution in [3.05, 3.63) is 88.7 Å². The predicted octanol–water partition coefficient (Wildman–Crippen LogP) is 7.16. The Bertz CT molecular complexity index is 1080. The molecular formula is C26H29ClFN3O2S. The molecule has 0 aromatic heterocycles. The number of hydrogen-bond donors (Lipinski definition) is 2. The van der Waals surface area contributed by atoms with Gasteiger partial charge in [-0.05, 0) is 66.5 Å². The van der Waals surface area contributed by atoms with Gasteiger partial charge in [-0.3, -0.25) is 9.59 Å². The number of carbonyl (C=O) groups excluding carboxylic acids is 2. The highest BCUT2D eigenvalue weighted by Gasteiger charge is 2.16. The minimum Gasteiger partial charge on any atom is -0.387 e. The second kappa shape index (κ2) is 14.3. The molecule has 1 heterocycles. The maximum Gasteiger partial charge on any atom is 0.255 e. The fourth-order valence-corrected chi connectivity index (χ4v) is 3.59. The number of nitrogens with one attached hydrogen (secondary N) is 2. The van der Waals surface area contributed by atoms with Crippen molar-refractivity contribution in [1.82, 2.24) is 0 Å². The fourth-order valence-electron chi connectivity index (χ4n) is 2.74. The van der Waals surface area contributed by atoms with Crippen LogP contribution >= 0.6 is 23.5 Å². The summed E-state index contributed by atoms with van der Waals surface area (Å²) in [5.41, 5.74) is 3.63. The average molecular weight is 502 g/mol. The van der Waals surface area contributed by atoms with Gasteiger partial charge in [-0.2, -0.15) is 0 Å². The number of hydrogen-bond acceptors (Lipinski definition) is 5. The third kappa shape index (κ3) is 8.39. The zero-order valence-corrected chi connectivity index (χ0v) is 21.0. The predicted molar refractivity (Wildman–Crippen MR) is 143 cm³/mol. The molecule has 3 aromatic carbocycles. The van der Waals surface area contributed by atoms with E-state index in [0.717, 1.165) is 23.7 Å². The highest BCUT2D eigenvalue weighted by atomic mass is 35.5. The lowest BCUT2D eigenvalue weighted by Gasteiger charge is -2.31. The van der Waals surface area contributed by atoms with Crippen molar-refractivity contribution in [1.29, 1.82) is 0 Å². The molecule has 0 atom stereocenters. The van der Waals surface area contributed by atoms with E-state index in [-0.39, 0.29) is 11.7 Å². The van der Waals surface area contributed by atoms with Gasteiger partial charge in [-0.1, -0.05) is 44.0 Å². The fraction of sp³-hybridized carbons (Fsp3) is 0.231. The summed E-state index contributed by atoms with van der Waals surface area (Å²) in [5.74, 6) is 0.652. The first kappa shape index (κ1) is 27.2. The zero-order valence-electron chi connectivity index (χ0n) is 19.5. The Hall–Kier alpha value is -3.03. The molecule has 1 fully saturated rings. The van der Waals surface area contributed by atoms with E-state index in [1.807, 2.05) is 30.3 Å². The van der Waals surface area contributed by atoms with Crippen molar-refractivity contribution in [3.63, 3.8) is 0 Å². The maximum absolute atomic E-state index is 12.3. The average Bonchev–Trinajstić information content (AvgIpc) is 2.80. The van der Waals surface area contributed by atoms with Gasteiger partial charge in [0.2, 0.25) is 0 Å². The lowest BCUT2D eigenvalue weighted by molar-refractivity contribution is 0.102. The largest absolute Gasteiger partial charge is 0.387 e. The molecule has 4 rings (SSSR count). The molecule has 2 N–H and O–H groups in total. The Balaban J connectivity index is 0.000000283. The van der Waals surface area contributed by atoms with Gasteiger partial charge >= 0.3 is 0 Å². The number of anilines is 3. The van der Waals surface area contributed by atoms with Gasteiger partial charge in [-0.25, -0.2) is 4.39 Å². The number of rotatable bonds is 5. The van der Waals surface area contributed by atoms with Crippen molar-refractivity contribution in [2.24, 2.45) is 0 Å². The number of carbonyl (C=O) groups is 2. The quantitative estimate of drug-likeness (QED) is 0.287.